The first kappa shape index (κ1) is 17.7. The van der Waals surface area contributed by atoms with Crippen molar-refractivity contribution in [2.45, 2.75) is 51.7 Å². The standard InChI is InChI=1S/C16H24N10O/c1-15(2,3)14-17-12(25-7-6-16(4,27)9-25)11-13(18-14)26(22-20-11)8-10-19-21-23-24(10)5/h27H,6-9H2,1-5H3/t16-/m0/s1. The predicted molar refractivity (Wildman–Crippen MR) is 97.2 cm³/mol. The number of aliphatic hydroxyl groups is 1. The van der Waals surface area contributed by atoms with Crippen molar-refractivity contribution in [2.75, 3.05) is 18.0 Å². The maximum atomic E-state index is 10.4. The predicted octanol–water partition coefficient (Wildman–Crippen LogP) is 0.0517. The highest BCUT2D eigenvalue weighted by Crippen LogP contribution is 2.31. The first-order valence-corrected chi connectivity index (χ1v) is 8.94. The highest BCUT2D eigenvalue weighted by molar-refractivity contribution is 5.83. The zero-order valence-electron chi connectivity index (χ0n) is 16.2. The second-order valence-electron chi connectivity index (χ2n) is 8.43. The number of anilines is 1. The Morgan fingerprint density at radius 3 is 2.52 bits per heavy atom. The Morgan fingerprint density at radius 1 is 1.15 bits per heavy atom. The number of rotatable bonds is 3. The van der Waals surface area contributed by atoms with E-state index in [2.05, 4.69) is 51.5 Å². The molecule has 1 aliphatic heterocycles. The minimum absolute atomic E-state index is 0.243. The smallest absolute Gasteiger partial charge is 0.184 e. The summed E-state index contributed by atoms with van der Waals surface area (Å²) >= 11 is 0. The van der Waals surface area contributed by atoms with E-state index in [1.807, 2.05) is 6.92 Å². The largest absolute Gasteiger partial charge is 0.388 e. The van der Waals surface area contributed by atoms with Crippen LogP contribution in [0, 0.1) is 0 Å². The molecule has 11 heteroatoms. The maximum Gasteiger partial charge on any atom is 0.184 e. The SMILES string of the molecule is Cn1nnnc1Cn1nnc2c(N3CC[C@](C)(O)C3)nc(C(C)(C)C)nc21. The molecule has 0 spiro atoms. The molecular weight excluding hydrogens is 348 g/mol. The van der Waals surface area contributed by atoms with Gasteiger partial charge in [0.25, 0.3) is 0 Å². The molecule has 3 aromatic rings. The van der Waals surface area contributed by atoms with Gasteiger partial charge in [-0.1, -0.05) is 26.0 Å². The number of aromatic nitrogens is 9. The van der Waals surface area contributed by atoms with Crippen LogP contribution in [0.3, 0.4) is 0 Å². The van der Waals surface area contributed by atoms with E-state index in [-0.39, 0.29) is 5.41 Å². The monoisotopic (exact) mass is 372 g/mol. The summed E-state index contributed by atoms with van der Waals surface area (Å²) in [7, 11) is 1.78. The van der Waals surface area contributed by atoms with Crippen LogP contribution in [0.5, 0.6) is 0 Å². The average molecular weight is 372 g/mol. The Labute approximate surface area is 156 Å². The summed E-state index contributed by atoms with van der Waals surface area (Å²) in [5, 5.41) is 30.5. The van der Waals surface area contributed by atoms with Crippen molar-refractivity contribution in [1.29, 1.82) is 0 Å². The van der Waals surface area contributed by atoms with Crippen LogP contribution in [0.2, 0.25) is 0 Å². The summed E-state index contributed by atoms with van der Waals surface area (Å²) in [6.45, 7) is 9.62. The number of hydrogen-bond donors (Lipinski definition) is 1. The summed E-state index contributed by atoms with van der Waals surface area (Å²) in [6.07, 6.45) is 0.683. The van der Waals surface area contributed by atoms with Gasteiger partial charge in [0.2, 0.25) is 0 Å². The van der Waals surface area contributed by atoms with Gasteiger partial charge in [0, 0.05) is 25.6 Å². The second-order valence-corrected chi connectivity index (χ2v) is 8.43. The van der Waals surface area contributed by atoms with Gasteiger partial charge in [-0.15, -0.1) is 10.2 Å². The summed E-state index contributed by atoms with van der Waals surface area (Å²) in [5.74, 6) is 2.07. The average Bonchev–Trinajstić information content (AvgIpc) is 3.26. The molecule has 0 radical (unpaired) electrons. The molecule has 0 unspecified atom stereocenters. The maximum absolute atomic E-state index is 10.4. The molecule has 1 saturated heterocycles. The van der Waals surface area contributed by atoms with Gasteiger partial charge in [0.15, 0.2) is 22.8 Å². The Hall–Kier alpha value is -2.69. The molecule has 4 heterocycles. The number of tetrazole rings is 1. The normalized spacial score (nSPS) is 20.7. The van der Waals surface area contributed by atoms with Crippen LogP contribution in [0.4, 0.5) is 5.82 Å². The van der Waals surface area contributed by atoms with E-state index in [0.29, 0.717) is 54.7 Å². The van der Waals surface area contributed by atoms with E-state index in [1.54, 1.807) is 16.4 Å². The minimum atomic E-state index is -0.737. The fourth-order valence-corrected chi connectivity index (χ4v) is 3.15. The van der Waals surface area contributed by atoms with Crippen LogP contribution in [-0.2, 0) is 19.0 Å². The van der Waals surface area contributed by atoms with Crippen molar-refractivity contribution in [2.24, 2.45) is 7.05 Å². The van der Waals surface area contributed by atoms with E-state index >= 15 is 0 Å². The molecule has 144 valence electrons. The van der Waals surface area contributed by atoms with Crippen LogP contribution < -0.4 is 4.90 Å². The molecule has 3 aromatic heterocycles. The van der Waals surface area contributed by atoms with Crippen molar-refractivity contribution < 1.29 is 5.11 Å². The second kappa shape index (κ2) is 5.91. The van der Waals surface area contributed by atoms with Gasteiger partial charge in [-0.05, 0) is 23.8 Å². The third-order valence-corrected chi connectivity index (χ3v) is 4.77. The Kier molecular flexibility index (Phi) is 3.88. The van der Waals surface area contributed by atoms with Gasteiger partial charge in [0.05, 0.1) is 5.60 Å². The minimum Gasteiger partial charge on any atom is -0.388 e. The summed E-state index contributed by atoms with van der Waals surface area (Å²) in [4.78, 5) is 11.6. The summed E-state index contributed by atoms with van der Waals surface area (Å²) < 4.78 is 3.29. The van der Waals surface area contributed by atoms with Gasteiger partial charge in [0.1, 0.15) is 12.4 Å². The van der Waals surface area contributed by atoms with E-state index < -0.39 is 5.60 Å². The van der Waals surface area contributed by atoms with Crippen LogP contribution in [0.15, 0.2) is 0 Å². The quantitative estimate of drug-likeness (QED) is 0.679. The molecule has 1 N–H and O–H groups in total. The number of fused-ring (bicyclic) bond motifs is 1. The third kappa shape index (κ3) is 3.22. The van der Waals surface area contributed by atoms with E-state index in [4.69, 9.17) is 9.97 Å². The van der Waals surface area contributed by atoms with E-state index in [9.17, 15) is 5.11 Å². The first-order chi connectivity index (χ1) is 12.6. The number of aryl methyl sites for hydroxylation is 1. The van der Waals surface area contributed by atoms with Crippen molar-refractivity contribution in [3.8, 4) is 0 Å². The Balaban J connectivity index is 1.84. The zero-order chi connectivity index (χ0) is 19.4. The molecule has 4 rings (SSSR count). The summed E-state index contributed by atoms with van der Waals surface area (Å²) in [6, 6.07) is 0. The van der Waals surface area contributed by atoms with Crippen LogP contribution in [-0.4, -0.2) is 69.0 Å². The fourth-order valence-electron chi connectivity index (χ4n) is 3.15. The Bertz CT molecular complexity index is 983. The van der Waals surface area contributed by atoms with Crippen molar-refractivity contribution >= 4 is 17.0 Å². The van der Waals surface area contributed by atoms with Gasteiger partial charge in [-0.3, -0.25) is 0 Å². The van der Waals surface area contributed by atoms with E-state index in [0.717, 1.165) is 0 Å². The lowest BCUT2D eigenvalue weighted by molar-refractivity contribution is 0.0839. The topological polar surface area (TPSA) is 124 Å². The number of β-amino-alcohol motifs (C(OH)–C–C–N with tert-alkyl or cyclic N) is 1. The van der Waals surface area contributed by atoms with Gasteiger partial charge >= 0.3 is 0 Å². The van der Waals surface area contributed by atoms with Crippen LogP contribution in [0.1, 0.15) is 45.8 Å². The van der Waals surface area contributed by atoms with Gasteiger partial charge < -0.3 is 10.0 Å². The molecule has 1 fully saturated rings. The number of hydrogen-bond acceptors (Lipinski definition) is 9. The molecular formula is C16H24N10O. The first-order valence-electron chi connectivity index (χ1n) is 8.94. The molecule has 1 atom stereocenters. The van der Waals surface area contributed by atoms with Crippen LogP contribution in [0.25, 0.3) is 11.2 Å². The van der Waals surface area contributed by atoms with Crippen LogP contribution >= 0.6 is 0 Å². The lowest BCUT2D eigenvalue weighted by Crippen LogP contribution is -2.31. The lowest BCUT2D eigenvalue weighted by Gasteiger charge is -2.23. The van der Waals surface area contributed by atoms with Crippen molar-refractivity contribution in [3.05, 3.63) is 11.6 Å². The highest BCUT2D eigenvalue weighted by atomic mass is 16.3. The molecule has 1 aliphatic rings. The molecule has 0 amide bonds. The molecule has 11 nitrogen and oxygen atoms in total. The molecule has 0 aromatic carbocycles. The zero-order valence-corrected chi connectivity index (χ0v) is 16.2. The Morgan fingerprint density at radius 2 is 1.93 bits per heavy atom. The molecule has 0 aliphatic carbocycles. The highest BCUT2D eigenvalue weighted by Gasteiger charge is 2.34. The van der Waals surface area contributed by atoms with Gasteiger partial charge in [-0.2, -0.15) is 0 Å². The third-order valence-electron chi connectivity index (χ3n) is 4.77. The number of nitrogens with zero attached hydrogens (tertiary/aromatic N) is 10. The lowest BCUT2D eigenvalue weighted by atomic mass is 9.96. The van der Waals surface area contributed by atoms with Crippen molar-refractivity contribution in [1.82, 2.24) is 45.2 Å². The van der Waals surface area contributed by atoms with Crippen molar-refractivity contribution in [3.63, 3.8) is 0 Å². The summed E-state index contributed by atoms with van der Waals surface area (Å²) in [5.41, 5.74) is 0.279. The molecule has 0 bridgehead atoms. The fraction of sp³-hybridized carbons (Fsp3) is 0.688. The van der Waals surface area contributed by atoms with Gasteiger partial charge in [-0.25, -0.2) is 19.3 Å². The molecule has 27 heavy (non-hydrogen) atoms. The molecule has 0 saturated carbocycles. The van der Waals surface area contributed by atoms with E-state index in [1.165, 1.54) is 0 Å².